The van der Waals surface area contributed by atoms with Crippen molar-refractivity contribution >= 4 is 5.69 Å². The summed E-state index contributed by atoms with van der Waals surface area (Å²) in [5.74, 6) is 0. The second-order valence-corrected chi connectivity index (χ2v) is 6.28. The summed E-state index contributed by atoms with van der Waals surface area (Å²) in [6, 6.07) is 11.0. The molecule has 1 atom stereocenters. The molecule has 23 heavy (non-hydrogen) atoms. The highest BCUT2D eigenvalue weighted by Gasteiger charge is 2.25. The first-order valence-corrected chi connectivity index (χ1v) is 8.36. The van der Waals surface area contributed by atoms with E-state index in [0.717, 1.165) is 26.2 Å². The van der Waals surface area contributed by atoms with E-state index in [9.17, 15) is 0 Å². The molecule has 2 N–H and O–H groups in total. The van der Waals surface area contributed by atoms with Crippen molar-refractivity contribution in [3.05, 3.63) is 59.4 Å². The minimum absolute atomic E-state index is 0.268. The number of hydrogen-bond donors (Lipinski definition) is 1. The molecular formula is C19H26N4. The number of benzene rings is 1. The van der Waals surface area contributed by atoms with Crippen LogP contribution in [0.5, 0.6) is 0 Å². The lowest BCUT2D eigenvalue weighted by Gasteiger charge is -2.40. The van der Waals surface area contributed by atoms with Crippen molar-refractivity contribution in [3.63, 3.8) is 0 Å². The SMILES string of the molecule is Cc1cccc(N2CCN(C(CN)c3cccnc3)CC2)c1C. The van der Waals surface area contributed by atoms with E-state index in [2.05, 4.69) is 52.9 Å². The fourth-order valence-electron chi connectivity index (χ4n) is 3.42. The summed E-state index contributed by atoms with van der Waals surface area (Å²) in [6.07, 6.45) is 3.75. The van der Waals surface area contributed by atoms with Gasteiger partial charge in [0.15, 0.2) is 0 Å². The Morgan fingerprint density at radius 2 is 1.87 bits per heavy atom. The molecule has 2 aromatic rings. The molecule has 0 amide bonds. The van der Waals surface area contributed by atoms with Gasteiger partial charge in [0.1, 0.15) is 0 Å². The van der Waals surface area contributed by atoms with E-state index in [1.165, 1.54) is 22.4 Å². The van der Waals surface area contributed by atoms with Crippen LogP contribution in [0.25, 0.3) is 0 Å². The average molecular weight is 310 g/mol. The van der Waals surface area contributed by atoms with Crippen molar-refractivity contribution in [2.75, 3.05) is 37.6 Å². The molecule has 0 bridgehead atoms. The normalized spacial score (nSPS) is 17.3. The van der Waals surface area contributed by atoms with E-state index in [4.69, 9.17) is 5.73 Å². The Labute approximate surface area is 138 Å². The Bertz CT molecular complexity index is 633. The zero-order chi connectivity index (χ0) is 16.2. The molecule has 0 aliphatic carbocycles. The van der Waals surface area contributed by atoms with Crippen molar-refractivity contribution in [1.29, 1.82) is 0 Å². The molecule has 1 aromatic carbocycles. The van der Waals surface area contributed by atoms with Gasteiger partial charge in [0.2, 0.25) is 0 Å². The van der Waals surface area contributed by atoms with Gasteiger partial charge in [0, 0.05) is 56.8 Å². The van der Waals surface area contributed by atoms with Gasteiger partial charge < -0.3 is 10.6 Å². The van der Waals surface area contributed by atoms with Gasteiger partial charge in [-0.15, -0.1) is 0 Å². The molecular weight excluding hydrogens is 284 g/mol. The zero-order valence-electron chi connectivity index (χ0n) is 14.1. The van der Waals surface area contributed by atoms with Crippen LogP contribution in [-0.2, 0) is 0 Å². The summed E-state index contributed by atoms with van der Waals surface area (Å²) >= 11 is 0. The van der Waals surface area contributed by atoms with Crippen LogP contribution in [0.4, 0.5) is 5.69 Å². The number of piperazine rings is 1. The van der Waals surface area contributed by atoms with Gasteiger partial charge in [-0.3, -0.25) is 9.88 Å². The molecule has 0 radical (unpaired) electrons. The van der Waals surface area contributed by atoms with Gasteiger partial charge in [0.05, 0.1) is 0 Å². The highest BCUT2D eigenvalue weighted by atomic mass is 15.3. The van der Waals surface area contributed by atoms with Gasteiger partial charge in [-0.05, 0) is 42.7 Å². The molecule has 1 fully saturated rings. The summed E-state index contributed by atoms with van der Waals surface area (Å²) in [6.45, 7) is 9.18. The summed E-state index contributed by atoms with van der Waals surface area (Å²) in [5.41, 5.74) is 11.4. The van der Waals surface area contributed by atoms with Crippen LogP contribution < -0.4 is 10.6 Å². The lowest BCUT2D eigenvalue weighted by atomic mass is 10.0. The third-order valence-corrected chi connectivity index (χ3v) is 4.96. The lowest BCUT2D eigenvalue weighted by molar-refractivity contribution is 0.190. The Balaban J connectivity index is 1.69. The van der Waals surface area contributed by atoms with Gasteiger partial charge in [-0.25, -0.2) is 0 Å². The minimum Gasteiger partial charge on any atom is -0.369 e. The van der Waals surface area contributed by atoms with Crippen LogP contribution in [0.2, 0.25) is 0 Å². The van der Waals surface area contributed by atoms with Gasteiger partial charge >= 0.3 is 0 Å². The first-order valence-electron chi connectivity index (χ1n) is 8.36. The topological polar surface area (TPSA) is 45.4 Å². The Morgan fingerprint density at radius 1 is 1.09 bits per heavy atom. The predicted molar refractivity (Wildman–Crippen MR) is 95.7 cm³/mol. The third-order valence-electron chi connectivity index (χ3n) is 4.96. The minimum atomic E-state index is 0.268. The second-order valence-electron chi connectivity index (χ2n) is 6.28. The Hall–Kier alpha value is -1.91. The predicted octanol–water partition coefficient (Wildman–Crippen LogP) is 2.52. The molecule has 3 rings (SSSR count). The maximum absolute atomic E-state index is 6.04. The quantitative estimate of drug-likeness (QED) is 0.942. The fourth-order valence-corrected chi connectivity index (χ4v) is 3.42. The van der Waals surface area contributed by atoms with E-state index >= 15 is 0 Å². The molecule has 4 heteroatoms. The number of aromatic nitrogens is 1. The molecule has 2 heterocycles. The molecule has 122 valence electrons. The first-order chi connectivity index (χ1) is 11.2. The molecule has 1 aromatic heterocycles. The highest BCUT2D eigenvalue weighted by Crippen LogP contribution is 2.26. The first kappa shape index (κ1) is 16.0. The van der Waals surface area contributed by atoms with E-state index in [1.807, 2.05) is 18.5 Å². The van der Waals surface area contributed by atoms with Crippen molar-refractivity contribution in [3.8, 4) is 0 Å². The average Bonchev–Trinajstić information content (AvgIpc) is 2.60. The molecule has 0 saturated carbocycles. The summed E-state index contributed by atoms with van der Waals surface area (Å²) < 4.78 is 0. The third kappa shape index (κ3) is 3.38. The monoisotopic (exact) mass is 310 g/mol. The van der Waals surface area contributed by atoms with Crippen LogP contribution in [0.1, 0.15) is 22.7 Å². The fraction of sp³-hybridized carbons (Fsp3) is 0.421. The molecule has 0 spiro atoms. The molecule has 1 unspecified atom stereocenters. The molecule has 1 aliphatic heterocycles. The lowest BCUT2D eigenvalue weighted by Crippen LogP contribution is -2.49. The van der Waals surface area contributed by atoms with Crippen molar-refractivity contribution in [2.45, 2.75) is 19.9 Å². The summed E-state index contributed by atoms with van der Waals surface area (Å²) in [7, 11) is 0. The number of anilines is 1. The van der Waals surface area contributed by atoms with E-state index in [1.54, 1.807) is 0 Å². The van der Waals surface area contributed by atoms with Crippen molar-refractivity contribution < 1.29 is 0 Å². The Kier molecular flexibility index (Phi) is 4.94. The standard InChI is InChI=1S/C19H26N4/c1-15-5-3-7-18(16(15)2)22-9-11-23(12-10-22)19(13-20)17-6-4-8-21-14-17/h3-8,14,19H,9-13,20H2,1-2H3. The van der Waals surface area contributed by atoms with Crippen molar-refractivity contribution in [1.82, 2.24) is 9.88 Å². The van der Waals surface area contributed by atoms with E-state index in [-0.39, 0.29) is 6.04 Å². The van der Waals surface area contributed by atoms with Gasteiger partial charge in [-0.2, -0.15) is 0 Å². The number of rotatable bonds is 4. The largest absolute Gasteiger partial charge is 0.369 e. The number of pyridine rings is 1. The Morgan fingerprint density at radius 3 is 2.52 bits per heavy atom. The van der Waals surface area contributed by atoms with Crippen LogP contribution >= 0.6 is 0 Å². The molecule has 1 aliphatic rings. The second kappa shape index (κ2) is 7.11. The molecule has 1 saturated heterocycles. The number of nitrogens with two attached hydrogens (primary N) is 1. The van der Waals surface area contributed by atoms with Gasteiger partial charge in [-0.1, -0.05) is 18.2 Å². The summed E-state index contributed by atoms with van der Waals surface area (Å²) in [4.78, 5) is 9.22. The number of nitrogens with zero attached hydrogens (tertiary/aromatic N) is 3. The number of hydrogen-bond acceptors (Lipinski definition) is 4. The zero-order valence-corrected chi connectivity index (χ0v) is 14.1. The van der Waals surface area contributed by atoms with Crippen LogP contribution in [0.3, 0.4) is 0 Å². The number of aryl methyl sites for hydroxylation is 1. The van der Waals surface area contributed by atoms with Crippen LogP contribution in [0.15, 0.2) is 42.7 Å². The summed E-state index contributed by atoms with van der Waals surface area (Å²) in [5, 5.41) is 0. The van der Waals surface area contributed by atoms with Crippen molar-refractivity contribution in [2.24, 2.45) is 5.73 Å². The highest BCUT2D eigenvalue weighted by molar-refractivity contribution is 5.56. The van der Waals surface area contributed by atoms with E-state index < -0.39 is 0 Å². The van der Waals surface area contributed by atoms with E-state index in [0.29, 0.717) is 6.54 Å². The van der Waals surface area contributed by atoms with Crippen LogP contribution in [-0.4, -0.2) is 42.6 Å². The molecule has 4 nitrogen and oxygen atoms in total. The maximum atomic E-state index is 6.04. The smallest absolute Gasteiger partial charge is 0.0487 e. The van der Waals surface area contributed by atoms with Gasteiger partial charge in [0.25, 0.3) is 0 Å². The van der Waals surface area contributed by atoms with Crippen LogP contribution in [0, 0.1) is 13.8 Å². The maximum Gasteiger partial charge on any atom is 0.0487 e.